The number of aromatic nitrogens is 2. The molecule has 0 saturated heterocycles. The van der Waals surface area contributed by atoms with Crippen LogP contribution in [0.1, 0.15) is 51.0 Å². The van der Waals surface area contributed by atoms with Gasteiger partial charge in [0.2, 0.25) is 16.0 Å². The highest BCUT2D eigenvalue weighted by molar-refractivity contribution is 7.89. The largest absolute Gasteiger partial charge is 0.362 e. The first-order valence-electron chi connectivity index (χ1n) is 12.5. The zero-order chi connectivity index (χ0) is 25.0. The van der Waals surface area contributed by atoms with Gasteiger partial charge < -0.3 is 10.2 Å². The molecule has 35 heavy (non-hydrogen) atoms. The summed E-state index contributed by atoms with van der Waals surface area (Å²) < 4.78 is 28.3. The first-order chi connectivity index (χ1) is 16.7. The molecule has 0 bridgehead atoms. The van der Waals surface area contributed by atoms with Gasteiger partial charge in [-0.2, -0.15) is 4.98 Å². The Kier molecular flexibility index (Phi) is 7.91. The summed E-state index contributed by atoms with van der Waals surface area (Å²) >= 11 is 0. The summed E-state index contributed by atoms with van der Waals surface area (Å²) in [6.07, 6.45) is 4.17. The van der Waals surface area contributed by atoms with Crippen molar-refractivity contribution in [3.63, 3.8) is 0 Å². The highest BCUT2D eigenvalue weighted by Gasteiger charge is 2.24. The fourth-order valence-corrected chi connectivity index (χ4v) is 5.81. The summed E-state index contributed by atoms with van der Waals surface area (Å²) in [5, 5.41) is 4.49. The molecule has 1 fully saturated rings. The Morgan fingerprint density at radius 2 is 1.54 bits per heavy atom. The number of anilines is 2. The number of rotatable bonds is 9. The van der Waals surface area contributed by atoms with Gasteiger partial charge in [-0.3, -0.25) is 0 Å². The average Bonchev–Trinajstić information content (AvgIpc) is 2.86. The molecule has 188 valence electrons. The quantitative estimate of drug-likeness (QED) is 0.434. The number of para-hydroxylation sites is 1. The van der Waals surface area contributed by atoms with Gasteiger partial charge in [0.25, 0.3) is 0 Å². The molecule has 1 saturated carbocycles. The smallest absolute Gasteiger partial charge is 0.240 e. The Morgan fingerprint density at radius 1 is 0.914 bits per heavy atom. The summed E-state index contributed by atoms with van der Waals surface area (Å²) in [4.78, 5) is 11.8. The Balaban J connectivity index is 1.27. The van der Waals surface area contributed by atoms with Crippen LogP contribution >= 0.6 is 0 Å². The first kappa shape index (κ1) is 25.4. The molecule has 0 unspecified atom stereocenters. The second kappa shape index (κ2) is 10.9. The van der Waals surface area contributed by atoms with E-state index in [2.05, 4.69) is 23.9 Å². The highest BCUT2D eigenvalue weighted by atomic mass is 32.2. The maximum absolute atomic E-state index is 12.7. The van der Waals surface area contributed by atoms with Crippen molar-refractivity contribution in [3.8, 4) is 0 Å². The van der Waals surface area contributed by atoms with Crippen molar-refractivity contribution in [1.82, 2.24) is 14.7 Å². The van der Waals surface area contributed by atoms with E-state index >= 15 is 0 Å². The second-order valence-electron chi connectivity index (χ2n) is 10.1. The molecular weight excluding hydrogens is 458 g/mol. The lowest BCUT2D eigenvalue weighted by Crippen LogP contribution is -2.32. The lowest BCUT2D eigenvalue weighted by atomic mass is 9.82. The van der Waals surface area contributed by atoms with Crippen LogP contribution in [0.5, 0.6) is 0 Å². The number of nitrogens with one attached hydrogen (secondary N) is 2. The summed E-state index contributed by atoms with van der Waals surface area (Å²) in [6.45, 7) is 5.52. The Bertz CT molecular complexity index is 1230. The molecule has 7 nitrogen and oxygen atoms in total. The van der Waals surface area contributed by atoms with Crippen LogP contribution in [0.3, 0.4) is 0 Å². The van der Waals surface area contributed by atoms with Crippen molar-refractivity contribution in [2.75, 3.05) is 37.4 Å². The fraction of sp³-hybridized carbons (Fsp3) is 0.481. The lowest BCUT2D eigenvalue weighted by Gasteiger charge is -2.28. The van der Waals surface area contributed by atoms with Crippen LogP contribution in [-0.4, -0.2) is 45.6 Å². The molecule has 2 N–H and O–H groups in total. The molecule has 3 aromatic rings. The van der Waals surface area contributed by atoms with Crippen molar-refractivity contribution in [1.29, 1.82) is 0 Å². The summed E-state index contributed by atoms with van der Waals surface area (Å²) in [5.74, 6) is 2.85. The van der Waals surface area contributed by atoms with E-state index in [0.717, 1.165) is 54.5 Å². The van der Waals surface area contributed by atoms with Gasteiger partial charge in [-0.05, 0) is 73.3 Å². The Labute approximate surface area is 209 Å². The third-order valence-corrected chi connectivity index (χ3v) is 8.38. The third-order valence-electron chi connectivity index (χ3n) is 6.94. The number of sulfonamides is 1. The van der Waals surface area contributed by atoms with Gasteiger partial charge in [0.1, 0.15) is 5.82 Å². The molecule has 1 aliphatic carbocycles. The van der Waals surface area contributed by atoms with E-state index in [0.29, 0.717) is 35.1 Å². The average molecular weight is 496 g/mol. The minimum absolute atomic E-state index is 0.340. The Hall–Kier alpha value is -2.71. The van der Waals surface area contributed by atoms with Gasteiger partial charge in [-0.25, -0.2) is 18.1 Å². The van der Waals surface area contributed by atoms with Crippen molar-refractivity contribution in [3.05, 3.63) is 54.1 Å². The summed E-state index contributed by atoms with van der Waals surface area (Å²) in [7, 11) is 0.516. The minimum atomic E-state index is -3.47. The molecule has 0 radical (unpaired) electrons. The normalized spacial score (nSPS) is 18.7. The van der Waals surface area contributed by atoms with Gasteiger partial charge in [-0.15, -0.1) is 0 Å². The van der Waals surface area contributed by atoms with E-state index in [1.807, 2.05) is 55.4 Å². The van der Waals surface area contributed by atoms with Crippen molar-refractivity contribution < 1.29 is 8.42 Å². The van der Waals surface area contributed by atoms with Crippen LogP contribution in [0.2, 0.25) is 0 Å². The molecule has 1 aromatic heterocycles. The standard InChI is InChI=1S/C27H37N5O2S/c1-19(2)22-13-15-23(16-14-22)35(33,34)29-18-21-11-9-20(10-12-21)17-28-27-30-25-8-6-5-7-24(25)26(31-27)32(3)4/h5-8,13-16,19-21,29H,9-12,17-18H2,1-4H3,(H,28,30,31). The maximum Gasteiger partial charge on any atom is 0.240 e. The number of benzene rings is 2. The van der Waals surface area contributed by atoms with Crippen LogP contribution in [0.4, 0.5) is 11.8 Å². The van der Waals surface area contributed by atoms with Crippen molar-refractivity contribution in [2.45, 2.75) is 50.3 Å². The third kappa shape index (κ3) is 6.30. The van der Waals surface area contributed by atoms with Crippen LogP contribution in [0.25, 0.3) is 10.9 Å². The number of fused-ring (bicyclic) bond motifs is 1. The van der Waals surface area contributed by atoms with E-state index in [9.17, 15) is 8.42 Å². The molecule has 0 aliphatic heterocycles. The van der Waals surface area contributed by atoms with Gasteiger partial charge >= 0.3 is 0 Å². The van der Waals surface area contributed by atoms with Gasteiger partial charge in [0.15, 0.2) is 0 Å². The molecule has 2 aromatic carbocycles. The first-order valence-corrected chi connectivity index (χ1v) is 14.0. The molecule has 0 spiro atoms. The van der Waals surface area contributed by atoms with Gasteiger partial charge in [0, 0.05) is 32.6 Å². The van der Waals surface area contributed by atoms with Crippen molar-refractivity contribution in [2.24, 2.45) is 11.8 Å². The van der Waals surface area contributed by atoms with E-state index in [-0.39, 0.29) is 0 Å². The molecule has 1 heterocycles. The number of hydrogen-bond donors (Lipinski definition) is 2. The van der Waals surface area contributed by atoms with E-state index in [1.54, 1.807) is 12.1 Å². The van der Waals surface area contributed by atoms with E-state index < -0.39 is 10.0 Å². The predicted molar refractivity (Wildman–Crippen MR) is 144 cm³/mol. The molecule has 0 amide bonds. The molecule has 8 heteroatoms. The SMILES string of the molecule is CC(C)c1ccc(S(=O)(=O)NCC2CCC(CNc3nc(N(C)C)c4ccccc4n3)CC2)cc1. The lowest BCUT2D eigenvalue weighted by molar-refractivity contribution is 0.284. The molecule has 4 rings (SSSR count). The minimum Gasteiger partial charge on any atom is -0.362 e. The molecule has 0 atom stereocenters. The van der Waals surface area contributed by atoms with E-state index in [4.69, 9.17) is 9.97 Å². The topological polar surface area (TPSA) is 87.2 Å². The number of hydrogen-bond acceptors (Lipinski definition) is 6. The molecule has 1 aliphatic rings. The summed E-state index contributed by atoms with van der Waals surface area (Å²) in [5.41, 5.74) is 2.08. The van der Waals surface area contributed by atoms with Crippen LogP contribution in [0.15, 0.2) is 53.4 Å². The Morgan fingerprint density at radius 3 is 2.17 bits per heavy atom. The highest BCUT2D eigenvalue weighted by Crippen LogP contribution is 2.30. The zero-order valence-corrected chi connectivity index (χ0v) is 22.0. The second-order valence-corrected chi connectivity index (χ2v) is 11.9. The monoisotopic (exact) mass is 495 g/mol. The van der Waals surface area contributed by atoms with Gasteiger partial charge in [-0.1, -0.05) is 38.1 Å². The van der Waals surface area contributed by atoms with Gasteiger partial charge in [0.05, 0.1) is 10.4 Å². The van der Waals surface area contributed by atoms with E-state index in [1.165, 1.54) is 0 Å². The molecular formula is C27H37N5O2S. The summed E-state index contributed by atoms with van der Waals surface area (Å²) in [6, 6.07) is 15.3. The fourth-order valence-electron chi connectivity index (χ4n) is 4.70. The number of nitrogens with zero attached hydrogens (tertiary/aromatic N) is 3. The zero-order valence-electron chi connectivity index (χ0n) is 21.2. The maximum atomic E-state index is 12.7. The van der Waals surface area contributed by atoms with Crippen molar-refractivity contribution >= 4 is 32.7 Å². The van der Waals surface area contributed by atoms with Crippen LogP contribution in [-0.2, 0) is 10.0 Å². The van der Waals surface area contributed by atoms with Crippen LogP contribution < -0.4 is 14.9 Å². The predicted octanol–water partition coefficient (Wildman–Crippen LogP) is 5.02. The van der Waals surface area contributed by atoms with Crippen LogP contribution in [0, 0.1) is 11.8 Å².